The van der Waals surface area contributed by atoms with E-state index in [1.54, 1.807) is 13.8 Å². The maximum atomic E-state index is 11.2. The molecule has 0 aliphatic carbocycles. The SMILES string of the molecule is CCCCCCCCCCCCc1ccccc1C(C)(C)OP(=O)(O)O. The molecular weight excluding hydrogens is 347 g/mol. The Morgan fingerprint density at radius 3 is 1.92 bits per heavy atom. The smallest absolute Gasteiger partial charge is 0.303 e. The van der Waals surface area contributed by atoms with E-state index in [-0.39, 0.29) is 0 Å². The third kappa shape index (κ3) is 9.87. The van der Waals surface area contributed by atoms with E-state index in [2.05, 4.69) is 6.92 Å². The van der Waals surface area contributed by atoms with E-state index in [9.17, 15) is 4.57 Å². The molecule has 0 amide bonds. The molecule has 1 aromatic carbocycles. The number of aryl methyl sites for hydroxylation is 1. The monoisotopic (exact) mass is 384 g/mol. The summed E-state index contributed by atoms with van der Waals surface area (Å²) in [6, 6.07) is 7.81. The Kier molecular flexibility index (Phi) is 10.7. The molecule has 26 heavy (non-hydrogen) atoms. The first-order valence-corrected chi connectivity index (χ1v) is 11.6. The lowest BCUT2D eigenvalue weighted by Gasteiger charge is -2.28. The lowest BCUT2D eigenvalue weighted by Crippen LogP contribution is -2.22. The van der Waals surface area contributed by atoms with Crippen LogP contribution in [0.15, 0.2) is 24.3 Å². The fraction of sp³-hybridized carbons (Fsp3) is 0.714. The molecule has 0 bridgehead atoms. The molecule has 0 aromatic heterocycles. The molecule has 0 heterocycles. The number of hydrogen-bond acceptors (Lipinski definition) is 2. The van der Waals surface area contributed by atoms with E-state index >= 15 is 0 Å². The fourth-order valence-corrected chi connectivity index (χ4v) is 4.17. The first-order chi connectivity index (χ1) is 12.3. The van der Waals surface area contributed by atoms with Crippen molar-refractivity contribution in [1.29, 1.82) is 0 Å². The van der Waals surface area contributed by atoms with E-state index < -0.39 is 13.4 Å². The molecule has 0 aliphatic heterocycles. The van der Waals surface area contributed by atoms with E-state index in [1.807, 2.05) is 24.3 Å². The molecule has 1 rings (SSSR count). The van der Waals surface area contributed by atoms with Crippen LogP contribution in [0.5, 0.6) is 0 Å². The van der Waals surface area contributed by atoms with Crippen LogP contribution in [-0.4, -0.2) is 9.79 Å². The summed E-state index contributed by atoms with van der Waals surface area (Å²) in [7, 11) is -4.53. The van der Waals surface area contributed by atoms with Crippen LogP contribution < -0.4 is 0 Å². The zero-order valence-corrected chi connectivity index (χ0v) is 17.6. The van der Waals surface area contributed by atoms with Gasteiger partial charge < -0.3 is 9.79 Å². The van der Waals surface area contributed by atoms with Crippen molar-refractivity contribution < 1.29 is 18.9 Å². The Morgan fingerprint density at radius 2 is 1.38 bits per heavy atom. The van der Waals surface area contributed by atoms with Crippen molar-refractivity contribution in [3.63, 3.8) is 0 Å². The summed E-state index contributed by atoms with van der Waals surface area (Å²) in [6.45, 7) is 5.67. The van der Waals surface area contributed by atoms with Gasteiger partial charge in [0, 0.05) is 0 Å². The highest BCUT2D eigenvalue weighted by Gasteiger charge is 2.32. The van der Waals surface area contributed by atoms with Gasteiger partial charge in [-0.15, -0.1) is 0 Å². The molecule has 2 N–H and O–H groups in total. The third-order valence-electron chi connectivity index (χ3n) is 4.81. The second-order valence-corrected chi connectivity index (χ2v) is 8.85. The van der Waals surface area contributed by atoms with Gasteiger partial charge in [-0.25, -0.2) is 4.57 Å². The minimum absolute atomic E-state index is 0.860. The highest BCUT2D eigenvalue weighted by Crippen LogP contribution is 2.45. The standard InChI is InChI=1S/C21H37O4P/c1-4-5-6-7-8-9-10-11-12-13-16-19-17-14-15-18-20(19)21(2,3)25-26(22,23)24/h14-15,17-18H,4-13,16H2,1-3H3,(H2,22,23,24). The van der Waals surface area contributed by atoms with Gasteiger partial charge in [-0.05, 0) is 37.8 Å². The second kappa shape index (κ2) is 11.9. The van der Waals surface area contributed by atoms with Gasteiger partial charge in [0.05, 0.1) is 5.60 Å². The predicted octanol–water partition coefficient (Wildman–Crippen LogP) is 6.49. The molecule has 0 fully saturated rings. The average Bonchev–Trinajstić information content (AvgIpc) is 2.55. The Hall–Kier alpha value is -0.670. The van der Waals surface area contributed by atoms with E-state index in [0.717, 1.165) is 24.0 Å². The third-order valence-corrected chi connectivity index (χ3v) is 5.51. The number of rotatable bonds is 14. The summed E-state index contributed by atoms with van der Waals surface area (Å²) in [5, 5.41) is 0. The second-order valence-electron chi connectivity index (χ2n) is 7.68. The minimum atomic E-state index is -4.53. The van der Waals surface area contributed by atoms with Crippen molar-refractivity contribution >= 4 is 7.82 Å². The van der Waals surface area contributed by atoms with Crippen LogP contribution in [0.2, 0.25) is 0 Å². The van der Waals surface area contributed by atoms with Gasteiger partial charge in [-0.2, -0.15) is 0 Å². The molecule has 5 heteroatoms. The Morgan fingerprint density at radius 1 is 0.885 bits per heavy atom. The lowest BCUT2D eigenvalue weighted by molar-refractivity contribution is 0.0624. The highest BCUT2D eigenvalue weighted by molar-refractivity contribution is 7.46. The van der Waals surface area contributed by atoms with E-state index in [1.165, 1.54) is 57.8 Å². The molecule has 0 spiro atoms. The molecule has 0 atom stereocenters. The summed E-state index contributed by atoms with van der Waals surface area (Å²) in [5.41, 5.74) is 0.971. The van der Waals surface area contributed by atoms with E-state index in [0.29, 0.717) is 0 Å². The molecule has 1 aromatic rings. The first kappa shape index (κ1) is 23.4. The fourth-order valence-electron chi connectivity index (χ4n) is 3.48. The molecule has 0 saturated heterocycles. The molecular formula is C21H37O4P. The lowest BCUT2D eigenvalue weighted by atomic mass is 9.90. The van der Waals surface area contributed by atoms with Crippen molar-refractivity contribution in [1.82, 2.24) is 0 Å². The molecule has 0 aliphatic rings. The first-order valence-electron chi connectivity index (χ1n) is 10.1. The zero-order valence-electron chi connectivity index (χ0n) is 16.7. The van der Waals surface area contributed by atoms with Crippen molar-refractivity contribution in [2.75, 3.05) is 0 Å². The summed E-state index contributed by atoms with van der Waals surface area (Å²) in [6.07, 6.45) is 13.9. The predicted molar refractivity (Wildman–Crippen MR) is 108 cm³/mol. The Bertz CT molecular complexity index is 551. The van der Waals surface area contributed by atoms with Gasteiger partial charge in [0.2, 0.25) is 0 Å². The Balaban J connectivity index is 2.37. The highest BCUT2D eigenvalue weighted by atomic mass is 31.2. The van der Waals surface area contributed by atoms with Crippen LogP contribution in [0.25, 0.3) is 0 Å². The summed E-state index contributed by atoms with van der Waals surface area (Å²) in [4.78, 5) is 18.3. The summed E-state index contributed by atoms with van der Waals surface area (Å²) >= 11 is 0. The van der Waals surface area contributed by atoms with Crippen LogP contribution in [-0.2, 0) is 21.1 Å². The maximum Gasteiger partial charge on any atom is 0.470 e. The topological polar surface area (TPSA) is 66.8 Å². The molecule has 4 nitrogen and oxygen atoms in total. The van der Waals surface area contributed by atoms with Crippen LogP contribution in [0.1, 0.15) is 96.1 Å². The van der Waals surface area contributed by atoms with E-state index in [4.69, 9.17) is 14.3 Å². The van der Waals surface area contributed by atoms with Crippen LogP contribution >= 0.6 is 7.82 Å². The van der Waals surface area contributed by atoms with Gasteiger partial charge in [-0.3, -0.25) is 4.52 Å². The summed E-state index contributed by atoms with van der Waals surface area (Å²) < 4.78 is 16.3. The minimum Gasteiger partial charge on any atom is -0.303 e. The maximum absolute atomic E-state index is 11.2. The van der Waals surface area contributed by atoms with Gasteiger partial charge in [0.1, 0.15) is 0 Å². The number of benzene rings is 1. The van der Waals surface area contributed by atoms with Gasteiger partial charge in [0.15, 0.2) is 0 Å². The summed E-state index contributed by atoms with van der Waals surface area (Å²) in [5.74, 6) is 0. The van der Waals surface area contributed by atoms with Gasteiger partial charge >= 0.3 is 7.82 Å². The van der Waals surface area contributed by atoms with Gasteiger partial charge in [-0.1, -0.05) is 89.0 Å². The Labute approximate surface area is 159 Å². The van der Waals surface area contributed by atoms with Crippen LogP contribution in [0, 0.1) is 0 Å². The van der Waals surface area contributed by atoms with Crippen molar-refractivity contribution in [3.05, 3.63) is 35.4 Å². The number of phosphoric acid groups is 1. The van der Waals surface area contributed by atoms with Crippen LogP contribution in [0.4, 0.5) is 0 Å². The molecule has 0 radical (unpaired) electrons. The molecule has 0 unspecified atom stereocenters. The van der Waals surface area contributed by atoms with Crippen molar-refractivity contribution in [2.45, 2.75) is 97.0 Å². The largest absolute Gasteiger partial charge is 0.470 e. The quantitative estimate of drug-likeness (QED) is 0.284. The number of phosphoric ester groups is 1. The van der Waals surface area contributed by atoms with Gasteiger partial charge in [0.25, 0.3) is 0 Å². The zero-order chi connectivity index (χ0) is 19.5. The number of hydrogen-bond donors (Lipinski definition) is 2. The average molecular weight is 384 g/mol. The molecule has 0 saturated carbocycles. The molecule has 150 valence electrons. The van der Waals surface area contributed by atoms with Crippen LogP contribution in [0.3, 0.4) is 0 Å². The van der Waals surface area contributed by atoms with Crippen molar-refractivity contribution in [3.8, 4) is 0 Å². The van der Waals surface area contributed by atoms with Crippen molar-refractivity contribution in [2.24, 2.45) is 0 Å². The number of unbranched alkanes of at least 4 members (excludes halogenated alkanes) is 9. The normalized spacial score (nSPS) is 12.5.